The topological polar surface area (TPSA) is 73.9 Å². The van der Waals surface area contributed by atoms with Crippen LogP contribution in [0.15, 0.2) is 30.3 Å². The Balaban J connectivity index is 1.28. The molecule has 172 valence electrons. The van der Waals surface area contributed by atoms with Crippen LogP contribution < -0.4 is 10.6 Å². The summed E-state index contributed by atoms with van der Waals surface area (Å²) in [6, 6.07) is 10.7. The van der Waals surface area contributed by atoms with Gasteiger partial charge in [-0.1, -0.05) is 18.2 Å². The monoisotopic (exact) mass is 430 g/mol. The van der Waals surface area contributed by atoms with Crippen LogP contribution in [0.1, 0.15) is 52.9 Å². The van der Waals surface area contributed by atoms with Crippen LogP contribution >= 0.6 is 0 Å². The third kappa shape index (κ3) is 8.05. The van der Waals surface area contributed by atoms with Gasteiger partial charge in [-0.3, -0.25) is 4.79 Å². The third-order valence-electron chi connectivity index (χ3n) is 5.86. The summed E-state index contributed by atoms with van der Waals surface area (Å²) in [7, 11) is 0. The molecule has 3 rings (SSSR count). The summed E-state index contributed by atoms with van der Waals surface area (Å²) in [4.78, 5) is 28.9. The molecule has 2 heterocycles. The van der Waals surface area contributed by atoms with E-state index in [1.807, 2.05) is 43.9 Å². The minimum atomic E-state index is -0.468. The highest BCUT2D eigenvalue weighted by Gasteiger charge is 2.27. The molecule has 0 saturated carbocycles. The van der Waals surface area contributed by atoms with Crippen LogP contribution in [0.5, 0.6) is 0 Å². The van der Waals surface area contributed by atoms with Crippen molar-refractivity contribution in [1.82, 2.24) is 15.1 Å². The standard InChI is InChI=1S/C24H38N4O3/c1-24(2,3)31-23(30)26-20-11-15-27(16-12-20)14-7-10-22(29)28-17-13-21(18-28)25-19-8-5-4-6-9-19/h4-6,8-9,20-21,25H,7,10-18H2,1-3H3,(H,26,30)/t21-/m1/s1. The number of hydrogen-bond donors (Lipinski definition) is 2. The number of piperidine rings is 1. The normalized spacial score (nSPS) is 20.5. The summed E-state index contributed by atoms with van der Waals surface area (Å²) < 4.78 is 5.34. The van der Waals surface area contributed by atoms with Gasteiger partial charge in [-0.15, -0.1) is 0 Å². The van der Waals surface area contributed by atoms with Gasteiger partial charge in [0.1, 0.15) is 5.60 Å². The van der Waals surface area contributed by atoms with E-state index in [1.54, 1.807) is 0 Å². The number of rotatable bonds is 7. The van der Waals surface area contributed by atoms with Crippen LogP contribution in [-0.2, 0) is 9.53 Å². The van der Waals surface area contributed by atoms with Gasteiger partial charge in [0.25, 0.3) is 0 Å². The predicted molar refractivity (Wildman–Crippen MR) is 123 cm³/mol. The van der Waals surface area contributed by atoms with Crippen LogP contribution in [0.2, 0.25) is 0 Å². The van der Waals surface area contributed by atoms with Crippen LogP contribution in [-0.4, -0.2) is 72.2 Å². The van der Waals surface area contributed by atoms with Crippen molar-refractivity contribution in [1.29, 1.82) is 0 Å². The highest BCUT2D eigenvalue weighted by atomic mass is 16.6. The number of anilines is 1. The van der Waals surface area contributed by atoms with Crippen LogP contribution in [0.4, 0.5) is 10.5 Å². The van der Waals surface area contributed by atoms with Gasteiger partial charge in [0.15, 0.2) is 0 Å². The average Bonchev–Trinajstić information content (AvgIpc) is 3.17. The largest absolute Gasteiger partial charge is 0.444 e. The molecular weight excluding hydrogens is 392 g/mol. The number of nitrogens with zero attached hydrogens (tertiary/aromatic N) is 2. The number of carbonyl (C=O) groups is 2. The molecule has 2 aliphatic rings. The van der Waals surface area contributed by atoms with Crippen LogP contribution in [0, 0.1) is 0 Å². The number of hydrogen-bond acceptors (Lipinski definition) is 5. The van der Waals surface area contributed by atoms with Crippen molar-refractivity contribution >= 4 is 17.7 Å². The summed E-state index contributed by atoms with van der Waals surface area (Å²) in [6.07, 6.45) is 4.00. The molecule has 2 amide bonds. The number of benzene rings is 1. The Hall–Kier alpha value is -2.28. The zero-order valence-electron chi connectivity index (χ0n) is 19.2. The van der Waals surface area contributed by atoms with Crippen molar-refractivity contribution in [2.75, 3.05) is 38.0 Å². The molecule has 1 aromatic carbocycles. The summed E-state index contributed by atoms with van der Waals surface area (Å²) in [5.41, 5.74) is 0.649. The molecule has 0 spiro atoms. The summed E-state index contributed by atoms with van der Waals surface area (Å²) in [6.45, 7) is 10.1. The van der Waals surface area contributed by atoms with E-state index in [4.69, 9.17) is 4.74 Å². The van der Waals surface area contributed by atoms with Crippen molar-refractivity contribution in [2.45, 2.75) is 70.6 Å². The van der Waals surface area contributed by atoms with Gasteiger partial charge in [0.2, 0.25) is 5.91 Å². The van der Waals surface area contributed by atoms with E-state index in [0.29, 0.717) is 12.5 Å². The van der Waals surface area contributed by atoms with Gasteiger partial charge in [0.05, 0.1) is 0 Å². The van der Waals surface area contributed by atoms with E-state index in [9.17, 15) is 9.59 Å². The van der Waals surface area contributed by atoms with E-state index in [0.717, 1.165) is 64.1 Å². The third-order valence-corrected chi connectivity index (χ3v) is 5.86. The van der Waals surface area contributed by atoms with E-state index < -0.39 is 5.60 Å². The average molecular weight is 431 g/mol. The first-order valence-corrected chi connectivity index (χ1v) is 11.6. The lowest BCUT2D eigenvalue weighted by Gasteiger charge is -2.32. The molecule has 0 aromatic heterocycles. The number of para-hydroxylation sites is 1. The van der Waals surface area contributed by atoms with Crippen molar-refractivity contribution in [3.05, 3.63) is 30.3 Å². The second kappa shape index (κ2) is 10.8. The van der Waals surface area contributed by atoms with E-state index in [-0.39, 0.29) is 18.0 Å². The van der Waals surface area contributed by atoms with Crippen LogP contribution in [0.3, 0.4) is 0 Å². The second-order valence-electron chi connectivity index (χ2n) is 9.70. The lowest BCUT2D eigenvalue weighted by atomic mass is 10.0. The molecule has 7 nitrogen and oxygen atoms in total. The van der Waals surface area contributed by atoms with Gasteiger partial charge in [0, 0.05) is 50.4 Å². The molecule has 0 aliphatic carbocycles. The smallest absolute Gasteiger partial charge is 0.407 e. The van der Waals surface area contributed by atoms with Crippen molar-refractivity contribution in [3.63, 3.8) is 0 Å². The molecule has 2 fully saturated rings. The Morgan fingerprint density at radius 3 is 2.39 bits per heavy atom. The molecule has 0 bridgehead atoms. The summed E-state index contributed by atoms with van der Waals surface area (Å²) in [5.74, 6) is 0.263. The Labute approximate surface area is 186 Å². The molecule has 2 N–H and O–H groups in total. The predicted octanol–water partition coefficient (Wildman–Crippen LogP) is 3.47. The number of likely N-dealkylation sites (tertiary alicyclic amines) is 2. The first kappa shape index (κ1) is 23.4. The quantitative estimate of drug-likeness (QED) is 0.693. The van der Waals surface area contributed by atoms with Crippen LogP contribution in [0.25, 0.3) is 0 Å². The number of amides is 2. The fourth-order valence-corrected chi connectivity index (χ4v) is 4.26. The Morgan fingerprint density at radius 2 is 1.71 bits per heavy atom. The lowest BCUT2D eigenvalue weighted by molar-refractivity contribution is -0.130. The highest BCUT2D eigenvalue weighted by molar-refractivity contribution is 5.76. The van der Waals surface area contributed by atoms with E-state index in [2.05, 4.69) is 27.7 Å². The zero-order chi connectivity index (χ0) is 22.3. The second-order valence-corrected chi connectivity index (χ2v) is 9.70. The molecule has 31 heavy (non-hydrogen) atoms. The first-order valence-electron chi connectivity index (χ1n) is 11.6. The number of nitrogens with one attached hydrogen (secondary N) is 2. The number of alkyl carbamates (subject to hydrolysis) is 1. The molecule has 1 atom stereocenters. The molecule has 2 saturated heterocycles. The maximum absolute atomic E-state index is 12.6. The maximum atomic E-state index is 12.6. The molecule has 0 radical (unpaired) electrons. The van der Waals surface area contributed by atoms with Gasteiger partial charge >= 0.3 is 6.09 Å². The van der Waals surface area contributed by atoms with E-state index >= 15 is 0 Å². The maximum Gasteiger partial charge on any atom is 0.407 e. The van der Waals surface area contributed by atoms with Gasteiger partial charge < -0.3 is 25.2 Å². The molecule has 1 aromatic rings. The molecule has 0 unspecified atom stereocenters. The molecule has 2 aliphatic heterocycles. The highest BCUT2D eigenvalue weighted by Crippen LogP contribution is 2.17. The van der Waals surface area contributed by atoms with Crippen molar-refractivity contribution < 1.29 is 14.3 Å². The minimum absolute atomic E-state index is 0.173. The van der Waals surface area contributed by atoms with Gasteiger partial charge in [-0.2, -0.15) is 0 Å². The summed E-state index contributed by atoms with van der Waals surface area (Å²) >= 11 is 0. The number of carbonyl (C=O) groups excluding carboxylic acids is 2. The van der Waals surface area contributed by atoms with Crippen molar-refractivity contribution in [2.24, 2.45) is 0 Å². The van der Waals surface area contributed by atoms with Gasteiger partial charge in [-0.25, -0.2) is 4.79 Å². The van der Waals surface area contributed by atoms with Crippen molar-refractivity contribution in [3.8, 4) is 0 Å². The molecule has 7 heteroatoms. The van der Waals surface area contributed by atoms with E-state index in [1.165, 1.54) is 0 Å². The molecular formula is C24H38N4O3. The number of ether oxygens (including phenoxy) is 1. The van der Waals surface area contributed by atoms with Gasteiger partial charge in [-0.05, 0) is 65.1 Å². The Bertz CT molecular complexity index is 711. The minimum Gasteiger partial charge on any atom is -0.444 e. The summed E-state index contributed by atoms with van der Waals surface area (Å²) in [5, 5.41) is 6.50. The fourth-order valence-electron chi connectivity index (χ4n) is 4.26. The first-order chi connectivity index (χ1) is 14.8. The Kier molecular flexibility index (Phi) is 8.18. The lowest BCUT2D eigenvalue weighted by Crippen LogP contribution is -2.46. The SMILES string of the molecule is CC(C)(C)OC(=O)NC1CCN(CCCC(=O)N2CC[C@@H](Nc3ccccc3)C2)CC1. The fraction of sp³-hybridized carbons (Fsp3) is 0.667. The Morgan fingerprint density at radius 1 is 1.03 bits per heavy atom. The zero-order valence-corrected chi connectivity index (χ0v) is 19.2.